The predicted octanol–water partition coefficient (Wildman–Crippen LogP) is 8.47. The number of amides is 3. The van der Waals surface area contributed by atoms with Crippen molar-refractivity contribution >= 4 is 23.9 Å². The average Bonchev–Trinajstić information content (AvgIpc) is 3.20. The van der Waals surface area contributed by atoms with Crippen molar-refractivity contribution in [3.05, 3.63) is 95.7 Å². The fourth-order valence-corrected chi connectivity index (χ4v) is 6.17. The Morgan fingerprint density at radius 2 is 1.41 bits per heavy atom. The van der Waals surface area contributed by atoms with Crippen LogP contribution >= 0.6 is 0 Å². The Labute approximate surface area is 398 Å². The van der Waals surface area contributed by atoms with Crippen molar-refractivity contribution in [3.63, 3.8) is 0 Å². The summed E-state index contributed by atoms with van der Waals surface area (Å²) in [5.74, 6) is 1.39. The summed E-state index contributed by atoms with van der Waals surface area (Å²) in [6.45, 7) is 33.0. The normalized spacial score (nSPS) is 17.3. The summed E-state index contributed by atoms with van der Waals surface area (Å²) in [4.78, 5) is 60.4. The number of nitrogens with one attached hydrogen (secondary N) is 2. The molecule has 3 amide bonds. The number of aromatic nitrogens is 3. The number of carbonyl (C=O) groups is 4. The minimum atomic E-state index is -0.544. The van der Waals surface area contributed by atoms with Gasteiger partial charge < -0.3 is 27.0 Å². The van der Waals surface area contributed by atoms with E-state index in [9.17, 15) is 19.2 Å². The Hall–Kier alpha value is -4.11. The number of likely N-dealkylation sites (tertiary alicyclic amines) is 1. The van der Waals surface area contributed by atoms with Crippen molar-refractivity contribution in [1.82, 2.24) is 30.5 Å². The fraction of sp³-hybridized carbons (Fsp3) is 0.608. The molecule has 3 aromatic heterocycles. The smallest absolute Gasteiger partial charge is 0.444 e. The summed E-state index contributed by atoms with van der Waals surface area (Å²) in [5, 5.41) is 6.31. The van der Waals surface area contributed by atoms with Crippen molar-refractivity contribution < 1.29 is 47.5 Å². The molecule has 2 saturated heterocycles. The zero-order valence-corrected chi connectivity index (χ0v) is 42.2. The molecule has 2 aliphatic heterocycles. The number of aryl methyl sites for hydroxylation is 4. The van der Waals surface area contributed by atoms with Crippen molar-refractivity contribution in [1.29, 1.82) is 0 Å². The van der Waals surface area contributed by atoms with Crippen LogP contribution in [0.3, 0.4) is 0 Å². The standard InChI is InChI=1S/C17H26N2O3.C12H18N2.C11H19NO3.C7H9N.C4H9.Li/c1-12(11-19-16(21)22-17(3,4)5)6-7-15(20)14-8-9-18-13(2)10-14;1-9-3-4-12(14-8-9)11-5-6-13-10(2)7-11;1-8-5-6-9(13)12(7-8)10(14)15-11(2,3)4;1-6-3-4-8-7(2)5-6;1-3-4-2;/h8-10,12H,6-7,11H2,1-5H3,(H,19,21);5-7,9,12,14H,3-4,8H2,1-2H3;8H,5-7H2,1-4H3;3-5H,1-2H3;1,3-4H2,2H3;/q;;;;-1;+1/t;9-,12+;;;;/m.1..../s1. The minimum absolute atomic E-state index is 0. The molecule has 3 aromatic rings. The number of pyridine rings is 3. The van der Waals surface area contributed by atoms with Gasteiger partial charge in [-0.3, -0.25) is 24.5 Å². The van der Waals surface area contributed by atoms with Crippen LogP contribution in [0, 0.1) is 52.4 Å². The van der Waals surface area contributed by atoms with Gasteiger partial charge in [0.15, 0.2) is 5.78 Å². The third kappa shape index (κ3) is 27.9. The number of ketones is 1. The van der Waals surface area contributed by atoms with Gasteiger partial charge in [0.25, 0.3) is 0 Å². The summed E-state index contributed by atoms with van der Waals surface area (Å²) in [6, 6.07) is 12.4. The van der Waals surface area contributed by atoms with Crippen LogP contribution in [0.2, 0.25) is 0 Å². The van der Waals surface area contributed by atoms with Gasteiger partial charge in [-0.05, 0) is 167 Å². The van der Waals surface area contributed by atoms with Gasteiger partial charge in [0.2, 0.25) is 5.91 Å². The maximum Gasteiger partial charge on any atom is 1.00 e. The van der Waals surface area contributed by atoms with E-state index in [1.165, 1.54) is 35.3 Å². The van der Waals surface area contributed by atoms with Crippen LogP contribution < -0.4 is 29.5 Å². The summed E-state index contributed by atoms with van der Waals surface area (Å²) < 4.78 is 10.3. The molecule has 64 heavy (non-hydrogen) atoms. The topological polar surface area (TPSA) is 153 Å². The first-order valence-electron chi connectivity index (χ1n) is 22.7. The Kier molecular flexibility index (Phi) is 28.9. The first-order chi connectivity index (χ1) is 29.4. The van der Waals surface area contributed by atoms with Gasteiger partial charge in [-0.25, -0.2) is 14.5 Å². The number of Topliss-reactive ketones (excluding diaryl/α,β-unsaturated/α-hetero) is 1. The van der Waals surface area contributed by atoms with E-state index in [4.69, 9.17) is 9.47 Å². The van der Waals surface area contributed by atoms with Crippen LogP contribution in [0.15, 0.2) is 55.0 Å². The van der Waals surface area contributed by atoms with Crippen molar-refractivity contribution in [2.45, 2.75) is 166 Å². The second kappa shape index (κ2) is 30.9. The molecule has 2 aliphatic rings. The predicted molar refractivity (Wildman–Crippen MR) is 254 cm³/mol. The molecule has 5 rings (SSSR count). The molecule has 0 spiro atoms. The molecule has 0 aliphatic carbocycles. The number of alkyl carbamates (subject to hydrolysis) is 1. The Morgan fingerprint density at radius 1 is 0.844 bits per heavy atom. The van der Waals surface area contributed by atoms with Gasteiger partial charge in [-0.2, -0.15) is 6.42 Å². The third-order valence-corrected chi connectivity index (χ3v) is 9.73. The number of hydrogen-bond acceptors (Lipinski definition) is 10. The van der Waals surface area contributed by atoms with E-state index in [1.54, 1.807) is 39.1 Å². The maximum atomic E-state index is 12.1. The Morgan fingerprint density at radius 3 is 1.89 bits per heavy atom. The first-order valence-corrected chi connectivity index (χ1v) is 22.7. The van der Waals surface area contributed by atoms with Crippen molar-refractivity contribution in [3.8, 4) is 0 Å². The van der Waals surface area contributed by atoms with Crippen LogP contribution in [-0.4, -0.2) is 74.6 Å². The fourth-order valence-electron chi connectivity index (χ4n) is 6.17. The molecule has 12 nitrogen and oxygen atoms in total. The molecule has 2 unspecified atom stereocenters. The molecule has 13 heteroatoms. The van der Waals surface area contributed by atoms with Crippen LogP contribution in [0.1, 0.15) is 165 Å². The zero-order chi connectivity index (χ0) is 47.8. The van der Waals surface area contributed by atoms with Crippen LogP contribution in [-0.2, 0) is 14.3 Å². The molecule has 0 saturated carbocycles. The van der Waals surface area contributed by atoms with E-state index in [-0.39, 0.29) is 36.5 Å². The van der Waals surface area contributed by atoms with Crippen LogP contribution in [0.25, 0.3) is 0 Å². The van der Waals surface area contributed by atoms with Crippen molar-refractivity contribution in [2.75, 3.05) is 19.6 Å². The molecule has 352 valence electrons. The van der Waals surface area contributed by atoms with E-state index in [1.807, 2.05) is 66.9 Å². The van der Waals surface area contributed by atoms with E-state index < -0.39 is 23.4 Å². The number of piperidine rings is 2. The molecule has 0 bridgehead atoms. The summed E-state index contributed by atoms with van der Waals surface area (Å²) in [6.07, 6.45) is 11.8. The summed E-state index contributed by atoms with van der Waals surface area (Å²) in [5.41, 5.74) is 5.36. The van der Waals surface area contributed by atoms with Gasteiger partial charge in [-0.1, -0.05) is 34.1 Å². The maximum absolute atomic E-state index is 12.1. The van der Waals surface area contributed by atoms with Gasteiger partial charge >= 0.3 is 31.0 Å². The molecule has 2 N–H and O–H groups in total. The number of nitrogens with zero attached hydrogens (tertiary/aromatic N) is 4. The third-order valence-electron chi connectivity index (χ3n) is 9.73. The van der Waals surface area contributed by atoms with Gasteiger partial charge in [0, 0.05) is 73.2 Å². The van der Waals surface area contributed by atoms with Gasteiger partial charge in [-0.15, -0.1) is 0 Å². The average molecular weight is 881 g/mol. The monoisotopic (exact) mass is 881 g/mol. The molecule has 4 atom stereocenters. The number of hydrogen-bond donors (Lipinski definition) is 2. The van der Waals surface area contributed by atoms with Crippen LogP contribution in [0.5, 0.6) is 0 Å². The van der Waals surface area contributed by atoms with E-state index in [0.717, 1.165) is 48.8 Å². The number of rotatable bonds is 8. The van der Waals surface area contributed by atoms with E-state index in [2.05, 4.69) is 78.4 Å². The number of imide groups is 1. The zero-order valence-electron chi connectivity index (χ0n) is 42.2. The van der Waals surface area contributed by atoms with Crippen LogP contribution in [0.4, 0.5) is 9.59 Å². The van der Waals surface area contributed by atoms with E-state index in [0.29, 0.717) is 43.5 Å². The van der Waals surface area contributed by atoms with Crippen molar-refractivity contribution in [2.24, 2.45) is 17.8 Å². The Balaban J connectivity index is 0.000000833. The molecule has 0 aromatic carbocycles. The second-order valence-corrected chi connectivity index (χ2v) is 19.0. The molecular weight excluding hydrogens is 800 g/mol. The van der Waals surface area contributed by atoms with Gasteiger partial charge in [0.05, 0.1) is 0 Å². The first kappa shape index (κ1) is 59.9. The quantitative estimate of drug-likeness (QED) is 0.128. The Bertz CT molecular complexity index is 1800. The number of unbranched alkanes of at least 4 members (excludes halogenated alkanes) is 1. The second-order valence-electron chi connectivity index (χ2n) is 19.0. The molecule has 0 radical (unpaired) electrons. The minimum Gasteiger partial charge on any atom is -0.444 e. The summed E-state index contributed by atoms with van der Waals surface area (Å²) in [7, 11) is 0. The largest absolute Gasteiger partial charge is 1.00 e. The SMILES string of the molecule is CC1CCC(=O)N(C(=O)OC(C)(C)C)C1.Cc1cc(C(=O)CCC(C)CNC(=O)OC(C)(C)C)ccn1.Cc1cc([C@@H]2CC[C@@H](C)CN2)ccn1.Cc1ccnc(C)c1.[CH2-]CCC.[Li+]. The molecule has 5 heterocycles. The summed E-state index contributed by atoms with van der Waals surface area (Å²) >= 11 is 0. The van der Waals surface area contributed by atoms with E-state index >= 15 is 0 Å². The molecule has 2 fully saturated rings. The number of carbonyl (C=O) groups excluding carboxylic acids is 4. The van der Waals surface area contributed by atoms with Gasteiger partial charge in [0.1, 0.15) is 11.2 Å². The number of ether oxygens (including phenoxy) is 2. The molecular formula is C51H81LiN6O6.